The summed E-state index contributed by atoms with van der Waals surface area (Å²) in [5, 5.41) is 10.0. The van der Waals surface area contributed by atoms with Gasteiger partial charge < -0.3 is 15.4 Å². The second-order valence-corrected chi connectivity index (χ2v) is 9.21. The van der Waals surface area contributed by atoms with Crippen LogP contribution in [0.2, 0.25) is 0 Å². The van der Waals surface area contributed by atoms with Gasteiger partial charge in [-0.2, -0.15) is 5.10 Å². The van der Waals surface area contributed by atoms with Crippen molar-refractivity contribution in [1.29, 1.82) is 0 Å². The molecule has 0 radical (unpaired) electrons. The van der Waals surface area contributed by atoms with E-state index < -0.39 is 17.6 Å². The first kappa shape index (κ1) is 25.1. The van der Waals surface area contributed by atoms with Crippen molar-refractivity contribution in [2.75, 3.05) is 7.11 Å². The molecule has 1 aliphatic rings. The number of Topliss-reactive ketones (excluding diaryl/α,β-unsaturated/α-hetero) is 1. The molecule has 38 heavy (non-hydrogen) atoms. The molecule has 0 saturated heterocycles. The van der Waals surface area contributed by atoms with E-state index in [0.717, 1.165) is 23.1 Å². The Morgan fingerprint density at radius 1 is 1.13 bits per heavy atom. The van der Waals surface area contributed by atoms with Crippen LogP contribution in [0.25, 0.3) is 5.65 Å². The molecule has 0 unspecified atom stereocenters. The first-order valence-electron chi connectivity index (χ1n) is 12.2. The Morgan fingerprint density at radius 2 is 1.95 bits per heavy atom. The van der Waals surface area contributed by atoms with Crippen LogP contribution in [0.4, 0.5) is 4.39 Å². The number of ketones is 1. The number of nitrogens with zero attached hydrogens (tertiary/aromatic N) is 3. The monoisotopic (exact) mass is 515 g/mol. The predicted octanol–water partition coefficient (Wildman–Crippen LogP) is 3.74. The van der Waals surface area contributed by atoms with Gasteiger partial charge in [0.15, 0.2) is 23.0 Å². The maximum atomic E-state index is 13.7. The number of halogens is 1. The number of carbonyl (C=O) groups is 3. The molecule has 1 aliphatic carbocycles. The summed E-state index contributed by atoms with van der Waals surface area (Å²) in [6.07, 6.45) is 2.96. The number of benzene rings is 2. The third kappa shape index (κ3) is 4.60. The fourth-order valence-electron chi connectivity index (χ4n) is 4.92. The van der Waals surface area contributed by atoms with Gasteiger partial charge in [0.05, 0.1) is 19.3 Å². The minimum atomic E-state index is -0.496. The molecule has 1 atom stereocenters. The summed E-state index contributed by atoms with van der Waals surface area (Å²) in [4.78, 5) is 42.6. The van der Waals surface area contributed by atoms with Crippen LogP contribution in [-0.2, 0) is 13.0 Å². The van der Waals surface area contributed by atoms with Gasteiger partial charge in [0, 0.05) is 24.2 Å². The molecule has 2 heterocycles. The van der Waals surface area contributed by atoms with Gasteiger partial charge in [-0.05, 0) is 61.1 Å². The summed E-state index contributed by atoms with van der Waals surface area (Å²) in [6, 6.07) is 10.8. The quantitative estimate of drug-likeness (QED) is 0.363. The summed E-state index contributed by atoms with van der Waals surface area (Å²) < 4.78 is 20.1. The SMILES string of the molecule is COc1cc(CNC(=O)c2cc(C(=O)N[C@H]3CCc4c3ccc(C(C)=O)c4C)n3nccc3n2)ccc1F. The van der Waals surface area contributed by atoms with Crippen molar-refractivity contribution in [2.24, 2.45) is 0 Å². The van der Waals surface area contributed by atoms with Crippen LogP contribution in [0, 0.1) is 12.7 Å². The van der Waals surface area contributed by atoms with Crippen molar-refractivity contribution < 1.29 is 23.5 Å². The summed E-state index contributed by atoms with van der Waals surface area (Å²) in [5.74, 6) is -1.30. The van der Waals surface area contributed by atoms with E-state index in [9.17, 15) is 18.8 Å². The number of carbonyl (C=O) groups excluding carboxylic acids is 3. The van der Waals surface area contributed by atoms with E-state index in [1.165, 1.54) is 36.0 Å². The lowest BCUT2D eigenvalue weighted by Crippen LogP contribution is -2.30. The number of ether oxygens (including phenoxy) is 1. The van der Waals surface area contributed by atoms with E-state index in [-0.39, 0.29) is 35.5 Å². The van der Waals surface area contributed by atoms with Crippen molar-refractivity contribution in [2.45, 2.75) is 39.3 Å². The molecule has 0 bridgehead atoms. The highest BCUT2D eigenvalue weighted by molar-refractivity contribution is 5.99. The second-order valence-electron chi connectivity index (χ2n) is 9.21. The molecule has 0 saturated carbocycles. The third-order valence-corrected chi connectivity index (χ3v) is 6.87. The molecule has 0 spiro atoms. The number of amides is 2. The van der Waals surface area contributed by atoms with E-state index in [4.69, 9.17) is 4.74 Å². The number of hydrogen-bond donors (Lipinski definition) is 2. The van der Waals surface area contributed by atoms with Crippen molar-refractivity contribution in [3.05, 3.63) is 93.7 Å². The Labute approximate surface area is 218 Å². The molecule has 2 amide bonds. The molecular formula is C28H26FN5O4. The average molecular weight is 516 g/mol. The van der Waals surface area contributed by atoms with Crippen LogP contribution in [-0.4, -0.2) is 39.3 Å². The number of rotatable bonds is 7. The molecule has 194 valence electrons. The van der Waals surface area contributed by atoms with E-state index >= 15 is 0 Å². The third-order valence-electron chi connectivity index (χ3n) is 6.87. The first-order chi connectivity index (χ1) is 18.3. The second kappa shape index (κ2) is 10.0. The molecule has 10 heteroatoms. The minimum Gasteiger partial charge on any atom is -0.494 e. The Bertz CT molecular complexity index is 1600. The lowest BCUT2D eigenvalue weighted by atomic mass is 9.96. The van der Waals surface area contributed by atoms with Crippen molar-refractivity contribution in [3.63, 3.8) is 0 Å². The van der Waals surface area contributed by atoms with Crippen molar-refractivity contribution in [1.82, 2.24) is 25.2 Å². The topological polar surface area (TPSA) is 115 Å². The van der Waals surface area contributed by atoms with Crippen LogP contribution in [0.15, 0.2) is 48.7 Å². The zero-order valence-electron chi connectivity index (χ0n) is 21.2. The highest BCUT2D eigenvalue weighted by Gasteiger charge is 2.28. The fourth-order valence-corrected chi connectivity index (χ4v) is 4.92. The van der Waals surface area contributed by atoms with Gasteiger partial charge >= 0.3 is 0 Å². The maximum Gasteiger partial charge on any atom is 0.270 e. The van der Waals surface area contributed by atoms with Gasteiger partial charge in [-0.1, -0.05) is 18.2 Å². The smallest absolute Gasteiger partial charge is 0.270 e. The zero-order valence-corrected chi connectivity index (χ0v) is 21.2. The van der Waals surface area contributed by atoms with E-state index in [1.54, 1.807) is 25.1 Å². The predicted molar refractivity (Wildman–Crippen MR) is 137 cm³/mol. The average Bonchev–Trinajstić information content (AvgIpc) is 3.55. The normalized spacial score (nSPS) is 14.3. The molecule has 5 rings (SSSR count). The molecule has 0 fully saturated rings. The largest absolute Gasteiger partial charge is 0.494 e. The van der Waals surface area contributed by atoms with E-state index in [0.29, 0.717) is 23.2 Å². The number of aromatic nitrogens is 3. The number of hydrogen-bond acceptors (Lipinski definition) is 6. The minimum absolute atomic E-state index is 0.0139. The summed E-state index contributed by atoms with van der Waals surface area (Å²) >= 11 is 0. The standard InChI is InChI=1S/C28H26FN5O4/c1-15-18(16(2)35)5-6-20-19(15)7-9-22(20)33-28(37)24-13-23(32-26-10-11-31-34(24)26)27(36)30-14-17-4-8-21(29)25(12-17)38-3/h4-6,8,10-13,22H,7,9,14H2,1-3H3,(H,30,36)(H,33,37)/t22-/m0/s1. The van der Waals surface area contributed by atoms with Gasteiger partial charge in [0.25, 0.3) is 11.8 Å². The van der Waals surface area contributed by atoms with E-state index in [1.807, 2.05) is 13.0 Å². The van der Waals surface area contributed by atoms with Gasteiger partial charge in [0.2, 0.25) is 0 Å². The van der Waals surface area contributed by atoms with Gasteiger partial charge in [-0.15, -0.1) is 0 Å². The number of nitrogens with one attached hydrogen (secondary N) is 2. The summed E-state index contributed by atoms with van der Waals surface area (Å²) in [7, 11) is 1.37. The maximum absolute atomic E-state index is 13.7. The van der Waals surface area contributed by atoms with Crippen LogP contribution < -0.4 is 15.4 Å². The van der Waals surface area contributed by atoms with Gasteiger partial charge in [-0.25, -0.2) is 13.9 Å². The highest BCUT2D eigenvalue weighted by Crippen LogP contribution is 2.35. The van der Waals surface area contributed by atoms with Crippen molar-refractivity contribution in [3.8, 4) is 5.75 Å². The zero-order chi connectivity index (χ0) is 27.0. The van der Waals surface area contributed by atoms with Gasteiger partial charge in [0.1, 0.15) is 11.4 Å². The van der Waals surface area contributed by atoms with Crippen LogP contribution in [0.5, 0.6) is 5.75 Å². The van der Waals surface area contributed by atoms with Crippen molar-refractivity contribution >= 4 is 23.2 Å². The van der Waals surface area contributed by atoms with Crippen LogP contribution in [0.3, 0.4) is 0 Å². The van der Waals surface area contributed by atoms with Crippen LogP contribution >= 0.6 is 0 Å². The molecule has 0 aliphatic heterocycles. The Hall–Kier alpha value is -4.60. The van der Waals surface area contributed by atoms with Crippen LogP contribution in [0.1, 0.15) is 73.0 Å². The Balaban J connectivity index is 1.37. The van der Waals surface area contributed by atoms with E-state index in [2.05, 4.69) is 20.7 Å². The summed E-state index contributed by atoms with van der Waals surface area (Å²) in [6.45, 7) is 3.60. The Morgan fingerprint density at radius 3 is 2.71 bits per heavy atom. The number of fused-ring (bicyclic) bond motifs is 2. The molecule has 2 aromatic carbocycles. The first-order valence-corrected chi connectivity index (χ1v) is 12.2. The highest BCUT2D eigenvalue weighted by atomic mass is 19.1. The fraction of sp³-hybridized carbons (Fsp3) is 0.250. The molecule has 4 aromatic rings. The summed E-state index contributed by atoms with van der Waals surface area (Å²) in [5.41, 5.74) is 4.91. The lowest BCUT2D eigenvalue weighted by molar-refractivity contribution is 0.0927. The van der Waals surface area contributed by atoms with Gasteiger partial charge in [-0.3, -0.25) is 14.4 Å². The number of methoxy groups -OCH3 is 1. The lowest BCUT2D eigenvalue weighted by Gasteiger charge is -2.16. The molecular weight excluding hydrogens is 489 g/mol. The molecule has 2 N–H and O–H groups in total. The Kier molecular flexibility index (Phi) is 6.62. The molecule has 2 aromatic heterocycles. The molecule has 9 nitrogen and oxygen atoms in total.